The molecule has 0 aliphatic heterocycles. The van der Waals surface area contributed by atoms with Gasteiger partial charge in [-0.15, -0.1) is 0 Å². The maximum atomic E-state index is 11.2. The van der Waals surface area contributed by atoms with Gasteiger partial charge in [-0.1, -0.05) is 35.0 Å². The predicted octanol–water partition coefficient (Wildman–Crippen LogP) is 2.77. The molecule has 0 atom stereocenters. The van der Waals surface area contributed by atoms with Crippen molar-refractivity contribution in [3.8, 4) is 11.3 Å². The van der Waals surface area contributed by atoms with Gasteiger partial charge in [0.05, 0.1) is 0 Å². The van der Waals surface area contributed by atoms with Crippen molar-refractivity contribution in [1.29, 1.82) is 0 Å². The third-order valence-corrected chi connectivity index (χ3v) is 3.50. The zero-order valence-corrected chi connectivity index (χ0v) is 10.0. The van der Waals surface area contributed by atoms with Crippen LogP contribution < -0.4 is 0 Å². The standard InChI is InChI=1S/C14H13NO3/c1-9-2-4-10(5-3-9)11-8-12(15-18-11)14(6-7-14)13(16)17/h2-5,8H,6-7H2,1H3,(H,16,17). The van der Waals surface area contributed by atoms with Gasteiger partial charge in [0.25, 0.3) is 0 Å². The van der Waals surface area contributed by atoms with Crippen LogP contribution >= 0.6 is 0 Å². The molecule has 4 nitrogen and oxygen atoms in total. The Kier molecular flexibility index (Phi) is 2.26. The molecule has 0 spiro atoms. The number of aromatic nitrogens is 1. The van der Waals surface area contributed by atoms with Gasteiger partial charge in [0.15, 0.2) is 5.76 Å². The number of hydrogen-bond donors (Lipinski definition) is 1. The summed E-state index contributed by atoms with van der Waals surface area (Å²) < 4.78 is 5.25. The van der Waals surface area contributed by atoms with Crippen LogP contribution in [0, 0.1) is 6.92 Å². The number of carboxylic acid groups (broad SMARTS) is 1. The fourth-order valence-corrected chi connectivity index (χ4v) is 2.06. The van der Waals surface area contributed by atoms with E-state index in [0.717, 1.165) is 5.56 Å². The second-order valence-corrected chi connectivity index (χ2v) is 4.83. The molecule has 92 valence electrons. The minimum absolute atomic E-state index is 0.533. The summed E-state index contributed by atoms with van der Waals surface area (Å²) in [6, 6.07) is 9.61. The van der Waals surface area contributed by atoms with E-state index < -0.39 is 11.4 Å². The molecule has 0 saturated heterocycles. The van der Waals surface area contributed by atoms with Crippen LogP contribution in [0.1, 0.15) is 24.1 Å². The average Bonchev–Trinajstić information content (AvgIpc) is 3.03. The number of carboxylic acids is 1. The van der Waals surface area contributed by atoms with Crippen molar-refractivity contribution in [3.05, 3.63) is 41.6 Å². The number of aryl methyl sites for hydroxylation is 1. The summed E-state index contributed by atoms with van der Waals surface area (Å²) in [6.07, 6.45) is 1.28. The first kappa shape index (κ1) is 11.0. The second kappa shape index (κ2) is 3.70. The monoisotopic (exact) mass is 243 g/mol. The van der Waals surface area contributed by atoms with E-state index in [1.54, 1.807) is 6.07 Å². The summed E-state index contributed by atoms with van der Waals surface area (Å²) in [6.45, 7) is 2.01. The van der Waals surface area contributed by atoms with Crippen molar-refractivity contribution in [2.24, 2.45) is 0 Å². The Morgan fingerprint density at radius 1 is 1.33 bits per heavy atom. The summed E-state index contributed by atoms with van der Waals surface area (Å²) >= 11 is 0. The molecule has 1 N–H and O–H groups in total. The number of benzene rings is 1. The average molecular weight is 243 g/mol. The molecule has 1 saturated carbocycles. The van der Waals surface area contributed by atoms with Gasteiger partial charge in [-0.25, -0.2) is 0 Å². The van der Waals surface area contributed by atoms with Gasteiger partial charge in [-0.05, 0) is 19.8 Å². The van der Waals surface area contributed by atoms with Crippen molar-refractivity contribution in [1.82, 2.24) is 5.16 Å². The van der Waals surface area contributed by atoms with E-state index in [1.165, 1.54) is 5.56 Å². The molecular weight excluding hydrogens is 230 g/mol. The van der Waals surface area contributed by atoms with Crippen LogP contribution in [0.3, 0.4) is 0 Å². The normalized spacial score (nSPS) is 16.5. The van der Waals surface area contributed by atoms with Crippen LogP contribution in [0.4, 0.5) is 0 Å². The van der Waals surface area contributed by atoms with E-state index in [4.69, 9.17) is 4.52 Å². The molecule has 0 amide bonds. The summed E-state index contributed by atoms with van der Waals surface area (Å²) in [4.78, 5) is 11.2. The third-order valence-electron chi connectivity index (χ3n) is 3.50. The van der Waals surface area contributed by atoms with Crippen molar-refractivity contribution in [2.45, 2.75) is 25.2 Å². The molecule has 1 aromatic carbocycles. The van der Waals surface area contributed by atoms with Crippen LogP contribution in [0.25, 0.3) is 11.3 Å². The number of hydrogen-bond acceptors (Lipinski definition) is 3. The number of rotatable bonds is 3. The first-order valence-electron chi connectivity index (χ1n) is 5.89. The Morgan fingerprint density at radius 2 is 2.00 bits per heavy atom. The SMILES string of the molecule is Cc1ccc(-c2cc(C3(C(=O)O)CC3)no2)cc1. The third kappa shape index (κ3) is 1.61. The highest BCUT2D eigenvalue weighted by Gasteiger charge is 2.54. The zero-order valence-electron chi connectivity index (χ0n) is 10.0. The fourth-order valence-electron chi connectivity index (χ4n) is 2.06. The quantitative estimate of drug-likeness (QED) is 0.900. The van der Waals surface area contributed by atoms with Crippen LogP contribution in [-0.4, -0.2) is 16.2 Å². The van der Waals surface area contributed by atoms with E-state index in [1.807, 2.05) is 31.2 Å². The maximum absolute atomic E-state index is 11.2. The van der Waals surface area contributed by atoms with E-state index in [-0.39, 0.29) is 0 Å². The second-order valence-electron chi connectivity index (χ2n) is 4.83. The Labute approximate surface area is 104 Å². The number of carbonyl (C=O) groups is 1. The van der Waals surface area contributed by atoms with Gasteiger partial charge in [-0.3, -0.25) is 4.79 Å². The molecule has 18 heavy (non-hydrogen) atoms. The van der Waals surface area contributed by atoms with Crippen molar-refractivity contribution in [2.75, 3.05) is 0 Å². The Hall–Kier alpha value is -2.10. The van der Waals surface area contributed by atoms with E-state index in [2.05, 4.69) is 5.16 Å². The molecule has 1 aliphatic rings. The summed E-state index contributed by atoms with van der Waals surface area (Å²) in [7, 11) is 0. The fraction of sp³-hybridized carbons (Fsp3) is 0.286. The van der Waals surface area contributed by atoms with Crippen molar-refractivity contribution >= 4 is 5.97 Å². The summed E-state index contributed by atoms with van der Waals surface area (Å²) in [5.41, 5.74) is 1.82. The Morgan fingerprint density at radius 3 is 2.56 bits per heavy atom. The largest absolute Gasteiger partial charge is 0.481 e. The van der Waals surface area contributed by atoms with Gasteiger partial charge < -0.3 is 9.63 Å². The number of aliphatic carboxylic acids is 1. The molecular formula is C14H13NO3. The molecule has 1 fully saturated rings. The lowest BCUT2D eigenvalue weighted by atomic mass is 10.0. The number of nitrogens with zero attached hydrogens (tertiary/aromatic N) is 1. The van der Waals surface area contributed by atoms with Gasteiger partial charge >= 0.3 is 5.97 Å². The molecule has 0 unspecified atom stereocenters. The van der Waals surface area contributed by atoms with Crippen molar-refractivity contribution in [3.63, 3.8) is 0 Å². The first-order chi connectivity index (χ1) is 8.62. The molecule has 1 aliphatic carbocycles. The van der Waals surface area contributed by atoms with E-state index in [9.17, 15) is 9.90 Å². The lowest BCUT2D eigenvalue weighted by molar-refractivity contribution is -0.140. The van der Waals surface area contributed by atoms with E-state index in [0.29, 0.717) is 24.3 Å². The van der Waals surface area contributed by atoms with Gasteiger partial charge in [0.2, 0.25) is 0 Å². The minimum Gasteiger partial charge on any atom is -0.481 e. The maximum Gasteiger partial charge on any atom is 0.315 e. The minimum atomic E-state index is -0.814. The smallest absolute Gasteiger partial charge is 0.315 e. The molecule has 0 bridgehead atoms. The van der Waals surface area contributed by atoms with Crippen LogP contribution in [0.15, 0.2) is 34.9 Å². The van der Waals surface area contributed by atoms with Gasteiger partial charge in [-0.2, -0.15) is 0 Å². The summed E-state index contributed by atoms with van der Waals surface area (Å²) in [5, 5.41) is 13.1. The van der Waals surface area contributed by atoms with Crippen LogP contribution in [0.2, 0.25) is 0 Å². The van der Waals surface area contributed by atoms with Crippen molar-refractivity contribution < 1.29 is 14.4 Å². The lowest BCUT2D eigenvalue weighted by Gasteiger charge is -2.02. The zero-order chi connectivity index (χ0) is 12.8. The first-order valence-corrected chi connectivity index (χ1v) is 5.89. The molecule has 0 radical (unpaired) electrons. The topological polar surface area (TPSA) is 63.3 Å². The highest BCUT2D eigenvalue weighted by atomic mass is 16.5. The Bertz CT molecular complexity index is 594. The Balaban J connectivity index is 1.95. The molecule has 4 heteroatoms. The molecule has 3 rings (SSSR count). The lowest BCUT2D eigenvalue weighted by Crippen LogP contribution is -2.19. The molecule has 1 heterocycles. The molecule has 1 aromatic heterocycles. The summed E-state index contributed by atoms with van der Waals surface area (Å²) in [5.74, 6) is -0.191. The van der Waals surface area contributed by atoms with Gasteiger partial charge in [0, 0.05) is 11.6 Å². The molecule has 2 aromatic rings. The highest BCUT2D eigenvalue weighted by Crippen LogP contribution is 2.48. The van der Waals surface area contributed by atoms with Crippen LogP contribution in [0.5, 0.6) is 0 Å². The predicted molar refractivity (Wildman–Crippen MR) is 65.2 cm³/mol. The van der Waals surface area contributed by atoms with Crippen LogP contribution in [-0.2, 0) is 10.2 Å². The van der Waals surface area contributed by atoms with Gasteiger partial charge in [0.1, 0.15) is 11.1 Å². The highest BCUT2D eigenvalue weighted by molar-refractivity contribution is 5.84. The van der Waals surface area contributed by atoms with E-state index >= 15 is 0 Å².